The molecule has 0 unspecified atom stereocenters. The van der Waals surface area contributed by atoms with Crippen molar-refractivity contribution < 1.29 is 8.68 Å². The topological polar surface area (TPSA) is 3.88 Å². The summed E-state index contributed by atoms with van der Waals surface area (Å²) in [5.74, 6) is 0. The highest BCUT2D eigenvalue weighted by Crippen LogP contribution is 2.33. The third-order valence-corrected chi connectivity index (χ3v) is 6.09. The molecule has 1 nitrogen and oxygen atoms in total. The zero-order valence-electron chi connectivity index (χ0n) is 19.9. The van der Waals surface area contributed by atoms with E-state index >= 15 is 0 Å². The summed E-state index contributed by atoms with van der Waals surface area (Å²) in [6.07, 6.45) is 3.59. The molecule has 1 heteroatoms. The molecule has 0 N–H and O–H groups in total. The van der Waals surface area contributed by atoms with Crippen LogP contribution in [0.15, 0.2) is 79.0 Å². The van der Waals surface area contributed by atoms with Crippen LogP contribution in [0.3, 0.4) is 0 Å². The van der Waals surface area contributed by atoms with Crippen LogP contribution < -0.4 is 4.57 Å². The molecule has 3 aromatic carbocycles. The smallest absolute Gasteiger partial charge is 0.201 e. The van der Waals surface area contributed by atoms with Gasteiger partial charge in [-0.25, -0.2) is 4.57 Å². The van der Waals surface area contributed by atoms with Crippen molar-refractivity contribution in [1.82, 2.24) is 0 Å². The van der Waals surface area contributed by atoms with E-state index in [1.165, 1.54) is 22.3 Å². The third kappa shape index (κ3) is 3.17. The standard InChI is InChI=1S/C28H26N/c1-19-8-4-7-11-26(19)28-17-27(20(2)18-29(28)3)24-13-12-23-14-21-9-5-6-10-22(21)15-25(23)16-24/h4-13,16-18H,14-15H2,1-3H3/q+1/i2D3. The summed E-state index contributed by atoms with van der Waals surface area (Å²) in [5.41, 5.74) is 10.7. The Bertz CT molecular complexity index is 1340. The highest BCUT2D eigenvalue weighted by molar-refractivity contribution is 5.73. The molecule has 1 aliphatic carbocycles. The zero-order chi connectivity index (χ0) is 22.5. The minimum Gasteiger partial charge on any atom is -0.201 e. The lowest BCUT2D eigenvalue weighted by Gasteiger charge is -2.20. The number of hydrogen-bond acceptors (Lipinski definition) is 0. The Morgan fingerprint density at radius 3 is 2.17 bits per heavy atom. The lowest BCUT2D eigenvalue weighted by atomic mass is 9.84. The lowest BCUT2D eigenvalue weighted by molar-refractivity contribution is -0.660. The first-order valence-corrected chi connectivity index (χ1v) is 10.1. The van der Waals surface area contributed by atoms with Crippen molar-refractivity contribution in [2.24, 2.45) is 7.05 Å². The van der Waals surface area contributed by atoms with Gasteiger partial charge in [0.1, 0.15) is 7.05 Å². The van der Waals surface area contributed by atoms with Crippen LogP contribution in [-0.4, -0.2) is 0 Å². The molecule has 0 fully saturated rings. The number of fused-ring (bicyclic) bond motifs is 2. The van der Waals surface area contributed by atoms with Crippen LogP contribution in [0.4, 0.5) is 0 Å². The van der Waals surface area contributed by atoms with Gasteiger partial charge in [0.2, 0.25) is 5.69 Å². The molecule has 1 aromatic heterocycles. The molecule has 0 radical (unpaired) electrons. The number of aromatic nitrogens is 1. The first-order valence-electron chi connectivity index (χ1n) is 11.6. The number of nitrogens with zero attached hydrogens (tertiary/aromatic N) is 1. The van der Waals surface area contributed by atoms with E-state index in [1.54, 1.807) is 6.20 Å². The second kappa shape index (κ2) is 7.00. The molecule has 0 spiro atoms. The summed E-state index contributed by atoms with van der Waals surface area (Å²) < 4.78 is 26.5. The maximum atomic E-state index is 8.18. The predicted molar refractivity (Wildman–Crippen MR) is 120 cm³/mol. The first-order chi connectivity index (χ1) is 15.3. The van der Waals surface area contributed by atoms with Gasteiger partial charge in [-0.3, -0.25) is 0 Å². The maximum absolute atomic E-state index is 8.18. The second-order valence-electron chi connectivity index (χ2n) is 8.02. The van der Waals surface area contributed by atoms with Crippen molar-refractivity contribution in [3.05, 3.63) is 112 Å². The van der Waals surface area contributed by atoms with Crippen LogP contribution in [0.5, 0.6) is 0 Å². The summed E-state index contributed by atoms with van der Waals surface area (Å²) in [4.78, 5) is 0. The molecule has 0 saturated carbocycles. The van der Waals surface area contributed by atoms with Gasteiger partial charge in [-0.1, -0.05) is 60.7 Å². The van der Waals surface area contributed by atoms with E-state index in [4.69, 9.17) is 4.11 Å². The number of benzene rings is 3. The zero-order valence-corrected chi connectivity index (χ0v) is 16.9. The Hall–Kier alpha value is -3.19. The van der Waals surface area contributed by atoms with E-state index < -0.39 is 6.85 Å². The van der Waals surface area contributed by atoms with Gasteiger partial charge >= 0.3 is 0 Å². The van der Waals surface area contributed by atoms with Crippen molar-refractivity contribution in [3.63, 3.8) is 0 Å². The summed E-state index contributed by atoms with van der Waals surface area (Å²) in [6.45, 7) is -0.108. The molecule has 0 saturated heterocycles. The number of rotatable bonds is 2. The summed E-state index contributed by atoms with van der Waals surface area (Å²) >= 11 is 0. The molecule has 0 bridgehead atoms. The SMILES string of the molecule is [2H]C([2H])([2H])c1c[n+](C)c(-c2ccccc2C)cc1-c1ccc2c(c1)Cc1ccccc1C2. The van der Waals surface area contributed by atoms with E-state index in [1.807, 2.05) is 29.8 Å². The fourth-order valence-electron chi connectivity index (χ4n) is 4.46. The van der Waals surface area contributed by atoms with Crippen molar-refractivity contribution in [1.29, 1.82) is 0 Å². The van der Waals surface area contributed by atoms with Gasteiger partial charge < -0.3 is 0 Å². The molecule has 1 heterocycles. The van der Waals surface area contributed by atoms with E-state index in [-0.39, 0.29) is 0 Å². The fraction of sp³-hybridized carbons (Fsp3) is 0.179. The Morgan fingerprint density at radius 2 is 1.41 bits per heavy atom. The van der Waals surface area contributed by atoms with E-state index in [0.29, 0.717) is 5.56 Å². The molecule has 1 aliphatic rings. The van der Waals surface area contributed by atoms with Crippen molar-refractivity contribution in [2.75, 3.05) is 0 Å². The molecule has 29 heavy (non-hydrogen) atoms. The van der Waals surface area contributed by atoms with Gasteiger partial charge in [0.25, 0.3) is 0 Å². The first kappa shape index (κ1) is 14.8. The Morgan fingerprint density at radius 1 is 0.724 bits per heavy atom. The fourth-order valence-corrected chi connectivity index (χ4v) is 4.46. The van der Waals surface area contributed by atoms with Crippen molar-refractivity contribution in [3.8, 4) is 22.4 Å². The number of pyridine rings is 1. The minimum absolute atomic E-state index is 0.383. The van der Waals surface area contributed by atoms with Gasteiger partial charge in [0, 0.05) is 21.3 Å². The van der Waals surface area contributed by atoms with Crippen LogP contribution in [0.25, 0.3) is 22.4 Å². The average molecular weight is 380 g/mol. The number of aryl methyl sites for hydroxylation is 3. The second-order valence-corrected chi connectivity index (χ2v) is 8.02. The van der Waals surface area contributed by atoms with Gasteiger partial charge in [0.15, 0.2) is 6.20 Å². The highest BCUT2D eigenvalue weighted by Gasteiger charge is 2.19. The number of hydrogen-bond donors (Lipinski definition) is 0. The highest BCUT2D eigenvalue weighted by atomic mass is 14.9. The quantitative estimate of drug-likeness (QED) is 0.333. The summed E-state index contributed by atoms with van der Waals surface area (Å²) in [7, 11) is 1.92. The van der Waals surface area contributed by atoms with E-state index in [9.17, 15) is 0 Å². The molecular formula is C28H26N+. The monoisotopic (exact) mass is 379 g/mol. The molecule has 0 atom stereocenters. The lowest BCUT2D eigenvalue weighted by Crippen LogP contribution is -2.31. The van der Waals surface area contributed by atoms with Gasteiger partial charge in [-0.05, 0) is 71.6 Å². The predicted octanol–water partition coefficient (Wildman–Crippen LogP) is 5.96. The summed E-state index contributed by atoms with van der Waals surface area (Å²) in [6, 6.07) is 25.3. The van der Waals surface area contributed by atoms with Crippen LogP contribution >= 0.6 is 0 Å². The third-order valence-electron chi connectivity index (χ3n) is 6.09. The van der Waals surface area contributed by atoms with Crippen LogP contribution in [0, 0.1) is 13.8 Å². The molecule has 0 amide bonds. The van der Waals surface area contributed by atoms with E-state index in [0.717, 1.165) is 40.8 Å². The van der Waals surface area contributed by atoms with Gasteiger partial charge in [-0.2, -0.15) is 0 Å². The summed E-state index contributed by atoms with van der Waals surface area (Å²) in [5, 5.41) is 0. The van der Waals surface area contributed by atoms with E-state index in [2.05, 4.69) is 61.5 Å². The van der Waals surface area contributed by atoms with Crippen LogP contribution in [0.1, 0.15) is 37.5 Å². The normalized spacial score (nSPS) is 14.3. The Balaban J connectivity index is 1.68. The molecular weight excluding hydrogens is 350 g/mol. The van der Waals surface area contributed by atoms with Gasteiger partial charge in [-0.15, -0.1) is 0 Å². The van der Waals surface area contributed by atoms with Gasteiger partial charge in [0.05, 0.1) is 0 Å². The Kier molecular flexibility index (Phi) is 3.56. The molecule has 5 rings (SSSR count). The van der Waals surface area contributed by atoms with Crippen molar-refractivity contribution >= 4 is 0 Å². The van der Waals surface area contributed by atoms with Crippen molar-refractivity contribution in [2.45, 2.75) is 26.6 Å². The average Bonchev–Trinajstić information content (AvgIpc) is 2.77. The minimum atomic E-state index is -2.19. The Labute approximate surface area is 177 Å². The van der Waals surface area contributed by atoms with Crippen LogP contribution in [0.2, 0.25) is 0 Å². The molecule has 4 aromatic rings. The maximum Gasteiger partial charge on any atom is 0.213 e. The largest absolute Gasteiger partial charge is 0.213 e. The van der Waals surface area contributed by atoms with Crippen LogP contribution in [-0.2, 0) is 19.9 Å². The molecule has 142 valence electrons. The molecule has 0 aliphatic heterocycles.